The molecule has 0 bridgehead atoms. The molecule has 0 aliphatic rings. The molecular weight excluding hydrogens is 337 g/mol. The zero-order chi connectivity index (χ0) is 18.3. The zero-order valence-electron chi connectivity index (χ0n) is 13.8. The smallest absolute Gasteiger partial charge is 0.297 e. The molecule has 2 aromatic carbocycles. The highest BCUT2D eigenvalue weighted by Gasteiger charge is 2.15. The van der Waals surface area contributed by atoms with Crippen LogP contribution < -0.4 is 10.9 Å². The number of nitrogens with one attached hydrogen (secondary N) is 1. The molecule has 0 saturated carbocycles. The molecule has 0 radical (unpaired) electrons. The third kappa shape index (κ3) is 2.73. The molecule has 7 heteroatoms. The predicted molar refractivity (Wildman–Crippen MR) is 95.5 cm³/mol. The minimum atomic E-state index is -0.535. The van der Waals surface area contributed by atoms with Crippen LogP contribution in [0.2, 0.25) is 0 Å². The van der Waals surface area contributed by atoms with Gasteiger partial charge in [-0.3, -0.25) is 14.2 Å². The number of benzene rings is 2. The van der Waals surface area contributed by atoms with Crippen molar-refractivity contribution in [3.63, 3.8) is 0 Å². The number of anilines is 1. The number of nitrogens with zero attached hydrogens (tertiary/aromatic N) is 2. The van der Waals surface area contributed by atoms with E-state index in [1.807, 2.05) is 12.1 Å². The molecule has 4 rings (SSSR count). The lowest BCUT2D eigenvalue weighted by molar-refractivity contribution is -0.116. The van der Waals surface area contributed by atoms with Gasteiger partial charge in [0, 0.05) is 5.39 Å². The highest BCUT2D eigenvalue weighted by molar-refractivity contribution is 6.01. The fraction of sp³-hybridized carbons (Fsp3) is 0.105. The number of hydrogen-bond acceptors (Lipinski definition) is 4. The van der Waals surface area contributed by atoms with E-state index in [0.29, 0.717) is 11.1 Å². The monoisotopic (exact) mass is 351 g/mol. The topological polar surface area (TPSA) is 77.1 Å². The fourth-order valence-corrected chi connectivity index (χ4v) is 2.79. The van der Waals surface area contributed by atoms with Gasteiger partial charge in [0.1, 0.15) is 23.5 Å². The maximum Gasteiger partial charge on any atom is 0.297 e. The molecule has 0 atom stereocenters. The number of amides is 1. The van der Waals surface area contributed by atoms with Gasteiger partial charge < -0.3 is 9.73 Å². The van der Waals surface area contributed by atoms with Crippen molar-refractivity contribution >= 4 is 33.7 Å². The zero-order valence-corrected chi connectivity index (χ0v) is 13.8. The van der Waals surface area contributed by atoms with Gasteiger partial charge in [-0.05, 0) is 36.8 Å². The Morgan fingerprint density at radius 1 is 1.27 bits per heavy atom. The number of carbonyl (C=O) groups is 1. The number of carbonyl (C=O) groups excluding carboxylic acids is 1. The number of para-hydroxylation sites is 1. The van der Waals surface area contributed by atoms with Crippen molar-refractivity contribution in [2.24, 2.45) is 0 Å². The van der Waals surface area contributed by atoms with Crippen LogP contribution in [0.1, 0.15) is 5.56 Å². The van der Waals surface area contributed by atoms with Crippen LogP contribution in [0.15, 0.2) is 58.0 Å². The number of halogens is 1. The summed E-state index contributed by atoms with van der Waals surface area (Å²) in [5.41, 5.74) is 1.43. The van der Waals surface area contributed by atoms with E-state index >= 15 is 0 Å². The quantitative estimate of drug-likeness (QED) is 0.615. The van der Waals surface area contributed by atoms with Gasteiger partial charge in [0.15, 0.2) is 0 Å². The molecule has 26 heavy (non-hydrogen) atoms. The average molecular weight is 351 g/mol. The SMILES string of the molecule is Cc1ccc(NC(=O)Cn2cnc3c(oc4ccccc43)c2=O)c(F)c1. The van der Waals surface area contributed by atoms with Crippen molar-refractivity contribution in [1.29, 1.82) is 0 Å². The van der Waals surface area contributed by atoms with Crippen LogP contribution in [0.25, 0.3) is 22.1 Å². The minimum absolute atomic E-state index is 0.0615. The first-order valence-corrected chi connectivity index (χ1v) is 7.95. The third-order valence-corrected chi connectivity index (χ3v) is 4.06. The number of fused-ring (bicyclic) bond motifs is 3. The Hall–Kier alpha value is -3.48. The summed E-state index contributed by atoms with van der Waals surface area (Å²) >= 11 is 0. The highest BCUT2D eigenvalue weighted by Crippen LogP contribution is 2.24. The standard InChI is InChI=1S/C19H14FN3O3/c1-11-6-7-14(13(20)8-11)22-16(24)9-23-10-21-17-12-4-2-3-5-15(12)26-18(17)19(23)25/h2-8,10H,9H2,1H3,(H,22,24). The molecule has 0 fully saturated rings. The number of hydrogen-bond donors (Lipinski definition) is 1. The molecule has 0 saturated heterocycles. The molecule has 0 spiro atoms. The lowest BCUT2D eigenvalue weighted by Crippen LogP contribution is -2.27. The molecule has 1 amide bonds. The average Bonchev–Trinajstić information content (AvgIpc) is 2.99. The van der Waals surface area contributed by atoms with Crippen LogP contribution in [-0.4, -0.2) is 15.5 Å². The van der Waals surface area contributed by atoms with Crippen LogP contribution in [-0.2, 0) is 11.3 Å². The fourth-order valence-electron chi connectivity index (χ4n) is 2.79. The van der Waals surface area contributed by atoms with Gasteiger partial charge in [0.25, 0.3) is 5.56 Å². The predicted octanol–water partition coefficient (Wildman–Crippen LogP) is 3.23. The second-order valence-corrected chi connectivity index (χ2v) is 5.99. The Labute approximate surface area is 146 Å². The summed E-state index contributed by atoms with van der Waals surface area (Å²) in [4.78, 5) is 29.0. The normalized spacial score (nSPS) is 11.2. The van der Waals surface area contributed by atoms with Crippen LogP contribution in [0.3, 0.4) is 0 Å². The Balaban J connectivity index is 1.64. The van der Waals surface area contributed by atoms with Gasteiger partial charge in [-0.1, -0.05) is 18.2 Å². The van der Waals surface area contributed by atoms with E-state index in [4.69, 9.17) is 4.42 Å². The van der Waals surface area contributed by atoms with Crippen molar-refractivity contribution in [1.82, 2.24) is 9.55 Å². The molecule has 2 heterocycles. The Morgan fingerprint density at radius 2 is 2.08 bits per heavy atom. The van der Waals surface area contributed by atoms with Gasteiger partial charge in [-0.2, -0.15) is 0 Å². The maximum absolute atomic E-state index is 13.8. The molecule has 6 nitrogen and oxygen atoms in total. The largest absolute Gasteiger partial charge is 0.448 e. The molecule has 1 N–H and O–H groups in total. The van der Waals surface area contributed by atoms with Crippen molar-refractivity contribution in [3.05, 3.63) is 70.5 Å². The van der Waals surface area contributed by atoms with Crippen LogP contribution in [0.4, 0.5) is 10.1 Å². The summed E-state index contributed by atoms with van der Waals surface area (Å²) < 4.78 is 20.5. The first-order valence-electron chi connectivity index (χ1n) is 7.95. The van der Waals surface area contributed by atoms with Crippen molar-refractivity contribution in [2.75, 3.05) is 5.32 Å². The van der Waals surface area contributed by atoms with E-state index < -0.39 is 17.3 Å². The second-order valence-electron chi connectivity index (χ2n) is 5.99. The minimum Gasteiger partial charge on any atom is -0.448 e. The van der Waals surface area contributed by atoms with Crippen LogP contribution >= 0.6 is 0 Å². The van der Waals surface area contributed by atoms with Gasteiger partial charge >= 0.3 is 0 Å². The van der Waals surface area contributed by atoms with Gasteiger partial charge in [0.2, 0.25) is 11.5 Å². The van der Waals surface area contributed by atoms with Crippen molar-refractivity contribution in [2.45, 2.75) is 13.5 Å². The van der Waals surface area contributed by atoms with E-state index in [-0.39, 0.29) is 17.8 Å². The number of rotatable bonds is 3. The Kier molecular flexibility index (Phi) is 3.76. The van der Waals surface area contributed by atoms with Crippen molar-refractivity contribution in [3.8, 4) is 0 Å². The number of furan rings is 1. The highest BCUT2D eigenvalue weighted by atomic mass is 19.1. The Morgan fingerprint density at radius 3 is 2.88 bits per heavy atom. The summed E-state index contributed by atoms with van der Waals surface area (Å²) in [6.45, 7) is 1.45. The molecule has 0 aliphatic carbocycles. The van der Waals surface area contributed by atoms with E-state index in [0.717, 1.165) is 15.5 Å². The molecule has 2 aromatic heterocycles. The van der Waals surface area contributed by atoms with E-state index in [1.165, 1.54) is 18.5 Å². The summed E-state index contributed by atoms with van der Waals surface area (Å²) in [5, 5.41) is 3.19. The van der Waals surface area contributed by atoms with E-state index in [1.54, 1.807) is 25.1 Å². The van der Waals surface area contributed by atoms with Crippen LogP contribution in [0.5, 0.6) is 0 Å². The summed E-state index contributed by atoms with van der Waals surface area (Å²) in [7, 11) is 0. The second kappa shape index (κ2) is 6.11. The lowest BCUT2D eigenvalue weighted by Gasteiger charge is -2.08. The van der Waals surface area contributed by atoms with E-state index in [2.05, 4.69) is 10.3 Å². The first-order chi connectivity index (χ1) is 12.5. The molecule has 4 aromatic rings. The summed E-state index contributed by atoms with van der Waals surface area (Å²) in [6.07, 6.45) is 1.29. The van der Waals surface area contributed by atoms with E-state index in [9.17, 15) is 14.0 Å². The summed E-state index contributed by atoms with van der Waals surface area (Å²) in [5.74, 6) is -1.07. The van der Waals surface area contributed by atoms with Crippen LogP contribution in [0, 0.1) is 12.7 Å². The Bertz CT molecular complexity index is 1210. The molecule has 130 valence electrons. The molecule has 0 aliphatic heterocycles. The summed E-state index contributed by atoms with van der Waals surface area (Å²) in [6, 6.07) is 11.7. The first kappa shape index (κ1) is 16.0. The van der Waals surface area contributed by atoms with Crippen molar-refractivity contribution < 1.29 is 13.6 Å². The molecular formula is C19H14FN3O3. The number of aromatic nitrogens is 2. The molecule has 0 unspecified atom stereocenters. The lowest BCUT2D eigenvalue weighted by atomic mass is 10.2. The van der Waals surface area contributed by atoms with Gasteiger partial charge in [-0.25, -0.2) is 9.37 Å². The van der Waals surface area contributed by atoms with Gasteiger partial charge in [0.05, 0.1) is 12.0 Å². The maximum atomic E-state index is 13.8. The number of aryl methyl sites for hydroxylation is 1. The van der Waals surface area contributed by atoms with Gasteiger partial charge in [-0.15, -0.1) is 0 Å². The third-order valence-electron chi connectivity index (χ3n) is 4.06.